The Morgan fingerprint density at radius 1 is 0.861 bits per heavy atom. The Morgan fingerprint density at radius 3 is 2.28 bits per heavy atom. The molecule has 0 aromatic heterocycles. The fourth-order valence-corrected chi connectivity index (χ4v) is 6.19. The zero-order valence-electron chi connectivity index (χ0n) is 20.2. The summed E-state index contributed by atoms with van der Waals surface area (Å²) in [7, 11) is 0. The summed E-state index contributed by atoms with van der Waals surface area (Å²) in [6, 6.07) is 24.9. The number of benzene rings is 3. The molecular formula is C30H31N3O3. The van der Waals surface area contributed by atoms with Crippen molar-refractivity contribution in [1.82, 2.24) is 10.6 Å². The summed E-state index contributed by atoms with van der Waals surface area (Å²) in [4.78, 5) is 25.0. The fourth-order valence-electron chi connectivity index (χ4n) is 6.19. The van der Waals surface area contributed by atoms with Crippen LogP contribution >= 0.6 is 0 Å². The fraction of sp³-hybridized carbons (Fsp3) is 0.333. The maximum absolute atomic E-state index is 12.7. The highest BCUT2D eigenvalue weighted by Crippen LogP contribution is 2.55. The molecule has 2 unspecified atom stereocenters. The second-order valence-corrected chi connectivity index (χ2v) is 10.0. The van der Waals surface area contributed by atoms with E-state index in [4.69, 9.17) is 4.74 Å². The van der Waals surface area contributed by atoms with Crippen molar-refractivity contribution in [2.75, 3.05) is 18.5 Å². The van der Waals surface area contributed by atoms with Gasteiger partial charge in [-0.2, -0.15) is 0 Å². The standard InChI is InChI=1S/C30H31N3O3/c34-29(27-13-6-14-36-27)33-21-8-5-7-19(15-21)17-31-30(35)32-18-20-16-26-22-9-1-3-11-24(22)28(20)25-12-4-2-10-23(25)26/h1-5,7-12,15,20,26-28H,6,13-14,16-18H2,(H,33,34)(H2,31,32,35). The minimum absolute atomic E-state index is 0.111. The maximum Gasteiger partial charge on any atom is 0.315 e. The Bertz CT molecular complexity index is 1240. The molecule has 0 radical (unpaired) electrons. The molecule has 184 valence electrons. The van der Waals surface area contributed by atoms with Gasteiger partial charge in [-0.25, -0.2) is 4.79 Å². The van der Waals surface area contributed by atoms with Crippen LogP contribution in [0.15, 0.2) is 72.8 Å². The monoisotopic (exact) mass is 481 g/mol. The van der Waals surface area contributed by atoms with E-state index in [2.05, 4.69) is 64.5 Å². The van der Waals surface area contributed by atoms with Crippen LogP contribution in [-0.2, 0) is 16.1 Å². The summed E-state index contributed by atoms with van der Waals surface area (Å²) in [6.45, 7) is 1.66. The average Bonchev–Trinajstić information content (AvgIpc) is 3.47. The number of amides is 3. The van der Waals surface area contributed by atoms with Gasteiger partial charge in [-0.3, -0.25) is 4.79 Å². The van der Waals surface area contributed by atoms with E-state index in [-0.39, 0.29) is 18.0 Å². The van der Waals surface area contributed by atoms with Crippen molar-refractivity contribution in [2.24, 2.45) is 5.92 Å². The van der Waals surface area contributed by atoms with Gasteiger partial charge in [-0.05, 0) is 65.1 Å². The van der Waals surface area contributed by atoms with Crippen LogP contribution in [0.4, 0.5) is 10.5 Å². The summed E-state index contributed by atoms with van der Waals surface area (Å²) in [5, 5.41) is 9.01. The lowest BCUT2D eigenvalue weighted by Crippen LogP contribution is -2.42. The lowest BCUT2D eigenvalue weighted by Gasteiger charge is -2.45. The summed E-state index contributed by atoms with van der Waals surface area (Å²) < 4.78 is 5.45. The van der Waals surface area contributed by atoms with E-state index in [0.717, 1.165) is 24.8 Å². The van der Waals surface area contributed by atoms with Gasteiger partial charge in [-0.15, -0.1) is 0 Å². The van der Waals surface area contributed by atoms with Crippen LogP contribution in [0, 0.1) is 5.92 Å². The third kappa shape index (κ3) is 4.37. The number of carbonyl (C=O) groups excluding carboxylic acids is 2. The lowest BCUT2D eigenvalue weighted by atomic mass is 9.59. The van der Waals surface area contributed by atoms with Crippen molar-refractivity contribution < 1.29 is 14.3 Å². The van der Waals surface area contributed by atoms with E-state index < -0.39 is 0 Å². The number of hydrogen-bond donors (Lipinski definition) is 3. The molecule has 1 aliphatic heterocycles. The van der Waals surface area contributed by atoms with Gasteiger partial charge in [0.15, 0.2) is 0 Å². The second kappa shape index (κ2) is 9.78. The molecule has 3 aromatic rings. The van der Waals surface area contributed by atoms with Crippen LogP contribution in [0.3, 0.4) is 0 Å². The molecule has 1 fully saturated rings. The Kier molecular flexibility index (Phi) is 6.20. The predicted octanol–water partition coefficient (Wildman–Crippen LogP) is 4.90. The number of fused-ring (bicyclic) bond motifs is 1. The van der Waals surface area contributed by atoms with Gasteiger partial charge in [0.2, 0.25) is 0 Å². The SMILES string of the molecule is O=C(NCc1cccc(NC(=O)C2CCCO2)c1)NCC1CC2c3ccccc3C1c1ccccc12. The number of urea groups is 1. The van der Waals surface area contributed by atoms with Crippen LogP contribution < -0.4 is 16.0 Å². The van der Waals surface area contributed by atoms with Gasteiger partial charge in [0, 0.05) is 37.2 Å². The Balaban J connectivity index is 1.06. The van der Waals surface area contributed by atoms with Crippen molar-refractivity contribution in [1.29, 1.82) is 0 Å². The Morgan fingerprint density at radius 2 is 1.58 bits per heavy atom. The van der Waals surface area contributed by atoms with Crippen LogP contribution in [0.5, 0.6) is 0 Å². The van der Waals surface area contributed by atoms with Gasteiger partial charge in [0.1, 0.15) is 6.10 Å². The number of nitrogens with one attached hydrogen (secondary N) is 3. The van der Waals surface area contributed by atoms with Crippen LogP contribution in [0.2, 0.25) is 0 Å². The van der Waals surface area contributed by atoms with Crippen molar-refractivity contribution in [3.63, 3.8) is 0 Å². The van der Waals surface area contributed by atoms with Gasteiger partial charge < -0.3 is 20.7 Å². The van der Waals surface area contributed by atoms with E-state index in [0.29, 0.717) is 43.1 Å². The number of ether oxygens (including phenoxy) is 1. The molecule has 1 saturated heterocycles. The summed E-state index contributed by atoms with van der Waals surface area (Å²) >= 11 is 0. The summed E-state index contributed by atoms with van der Waals surface area (Å²) in [5.74, 6) is 0.957. The van der Waals surface area contributed by atoms with E-state index >= 15 is 0 Å². The highest BCUT2D eigenvalue weighted by atomic mass is 16.5. The molecule has 3 aromatic carbocycles. The smallest absolute Gasteiger partial charge is 0.315 e. The molecule has 6 nitrogen and oxygen atoms in total. The van der Waals surface area contributed by atoms with E-state index in [9.17, 15) is 9.59 Å². The first-order valence-electron chi connectivity index (χ1n) is 12.9. The molecule has 3 amide bonds. The lowest BCUT2D eigenvalue weighted by molar-refractivity contribution is -0.124. The molecular weight excluding hydrogens is 450 g/mol. The molecule has 0 saturated carbocycles. The molecule has 3 N–H and O–H groups in total. The Hall–Kier alpha value is -3.64. The van der Waals surface area contributed by atoms with Crippen LogP contribution in [0.1, 0.15) is 58.9 Å². The molecule has 7 rings (SSSR count). The summed E-state index contributed by atoms with van der Waals surface area (Å²) in [6.07, 6.45) is 2.35. The first-order chi connectivity index (χ1) is 17.7. The van der Waals surface area contributed by atoms with E-state index in [1.807, 2.05) is 24.3 Å². The number of rotatable bonds is 6. The van der Waals surface area contributed by atoms with E-state index in [1.165, 1.54) is 22.3 Å². The molecule has 1 heterocycles. The largest absolute Gasteiger partial charge is 0.368 e. The minimum atomic E-state index is -0.369. The normalized spacial score (nSPS) is 23.4. The highest BCUT2D eigenvalue weighted by Gasteiger charge is 2.42. The molecule has 4 aliphatic rings. The predicted molar refractivity (Wildman–Crippen MR) is 139 cm³/mol. The second-order valence-electron chi connectivity index (χ2n) is 10.0. The first kappa shape index (κ1) is 22.8. The van der Waals surface area contributed by atoms with E-state index in [1.54, 1.807) is 0 Å². The third-order valence-electron chi connectivity index (χ3n) is 7.82. The first-order valence-corrected chi connectivity index (χ1v) is 12.9. The zero-order chi connectivity index (χ0) is 24.5. The van der Waals surface area contributed by atoms with Gasteiger partial charge in [0.05, 0.1) is 0 Å². The number of anilines is 1. The molecule has 2 atom stereocenters. The highest BCUT2D eigenvalue weighted by molar-refractivity contribution is 5.94. The van der Waals surface area contributed by atoms with Gasteiger partial charge in [-0.1, -0.05) is 60.7 Å². The number of carbonyl (C=O) groups is 2. The van der Waals surface area contributed by atoms with Gasteiger partial charge in [0.25, 0.3) is 5.91 Å². The van der Waals surface area contributed by atoms with Crippen molar-refractivity contribution in [3.8, 4) is 0 Å². The number of hydrogen-bond acceptors (Lipinski definition) is 3. The topological polar surface area (TPSA) is 79.5 Å². The Labute approximate surface area is 211 Å². The van der Waals surface area contributed by atoms with Gasteiger partial charge >= 0.3 is 6.03 Å². The molecule has 3 aliphatic carbocycles. The minimum Gasteiger partial charge on any atom is -0.368 e. The van der Waals surface area contributed by atoms with Crippen LogP contribution in [-0.4, -0.2) is 31.2 Å². The molecule has 2 bridgehead atoms. The quantitative estimate of drug-likeness (QED) is 0.469. The maximum atomic E-state index is 12.7. The average molecular weight is 482 g/mol. The summed E-state index contributed by atoms with van der Waals surface area (Å²) in [5.41, 5.74) is 7.32. The molecule has 6 heteroatoms. The van der Waals surface area contributed by atoms with Crippen molar-refractivity contribution >= 4 is 17.6 Å². The third-order valence-corrected chi connectivity index (χ3v) is 7.82. The zero-order valence-corrected chi connectivity index (χ0v) is 20.2. The van der Waals surface area contributed by atoms with Crippen molar-refractivity contribution in [3.05, 3.63) is 101 Å². The molecule has 0 spiro atoms. The van der Waals surface area contributed by atoms with Crippen LogP contribution in [0.25, 0.3) is 0 Å². The molecule has 36 heavy (non-hydrogen) atoms. The van der Waals surface area contributed by atoms with Crippen molar-refractivity contribution in [2.45, 2.75) is 43.7 Å².